The van der Waals surface area contributed by atoms with Crippen LogP contribution in [0.3, 0.4) is 0 Å². The fraction of sp³-hybridized carbons (Fsp3) is 0.196. The number of quaternary nitrogens is 3. The lowest BCUT2D eigenvalue weighted by molar-refractivity contribution is -0.00100. The highest BCUT2D eigenvalue weighted by molar-refractivity contribution is 6.00. The van der Waals surface area contributed by atoms with Gasteiger partial charge in [-0.05, 0) is 138 Å². The minimum absolute atomic E-state index is 0. The molecule has 0 radical (unpaired) electrons. The molecule has 0 saturated heterocycles. The van der Waals surface area contributed by atoms with Gasteiger partial charge in [-0.15, -0.1) is 0 Å². The van der Waals surface area contributed by atoms with Crippen molar-refractivity contribution in [1.82, 2.24) is 33.4 Å². The number of aromatic nitrogens is 4. The Morgan fingerprint density at radius 2 is 0.571 bits per heavy atom. The molecular formula is C46H50I3N7. The van der Waals surface area contributed by atoms with E-state index in [-0.39, 0.29) is 71.9 Å². The summed E-state index contributed by atoms with van der Waals surface area (Å²) in [6.07, 6.45) is 4.33. The second-order valence-electron chi connectivity index (χ2n) is 16.9. The van der Waals surface area contributed by atoms with Crippen molar-refractivity contribution >= 4 is 62.3 Å². The van der Waals surface area contributed by atoms with Gasteiger partial charge in [0.25, 0.3) is 0 Å². The van der Waals surface area contributed by atoms with E-state index in [1.165, 1.54) is 17.1 Å². The van der Waals surface area contributed by atoms with Gasteiger partial charge in [-0.2, -0.15) is 0 Å². The van der Waals surface area contributed by atoms with Gasteiger partial charge in [-0.1, -0.05) is 0 Å². The highest BCUT2D eigenvalue weighted by Crippen LogP contribution is 2.38. The molecular weight excluding hydrogens is 1030 g/mol. The quantitative estimate of drug-likeness (QED) is 0.171. The molecule has 3 aromatic carbocycles. The number of rotatable bonds is 6. The van der Waals surface area contributed by atoms with E-state index in [9.17, 15) is 0 Å². The molecule has 1 aliphatic heterocycles. The van der Waals surface area contributed by atoms with Crippen molar-refractivity contribution in [3.63, 3.8) is 0 Å². The van der Waals surface area contributed by atoms with Gasteiger partial charge in [0.2, 0.25) is 0 Å². The molecule has 0 unspecified atom stereocenters. The van der Waals surface area contributed by atoms with Gasteiger partial charge in [-0.3, -0.25) is 13.4 Å². The Bertz CT molecular complexity index is 2640. The molecule has 3 N–H and O–H groups in total. The van der Waals surface area contributed by atoms with Crippen molar-refractivity contribution in [2.75, 3.05) is 63.4 Å². The first-order valence-corrected chi connectivity index (χ1v) is 18.2. The molecule has 0 saturated carbocycles. The maximum Gasteiger partial charge on any atom is 0.132 e. The largest absolute Gasteiger partial charge is 1.00 e. The number of fused-ring (bicyclic) bond motifs is 9. The Labute approximate surface area is 381 Å². The van der Waals surface area contributed by atoms with Crippen molar-refractivity contribution < 1.29 is 71.9 Å². The van der Waals surface area contributed by atoms with Gasteiger partial charge >= 0.3 is 0 Å². The maximum absolute atomic E-state index is 5.43. The molecule has 7 aromatic rings. The predicted octanol–water partition coefficient (Wildman–Crippen LogP) is 1.30. The summed E-state index contributed by atoms with van der Waals surface area (Å²) in [5.74, 6) is 0. The van der Waals surface area contributed by atoms with E-state index in [0.717, 1.165) is 91.3 Å². The summed E-state index contributed by atoms with van der Waals surface area (Å²) < 4.78 is 2.25. The van der Waals surface area contributed by atoms with E-state index in [4.69, 9.17) is 4.98 Å². The Hall–Kier alpha value is -3.54. The summed E-state index contributed by atoms with van der Waals surface area (Å²) in [6, 6.07) is 39.9. The number of aromatic amines is 3. The SMILES string of the molecule is C[N+](C)(C)c1ccc(-c2c3nc(c(-c4ccc([N+](C)(C)C)cc4)c4ccc([nH]4)c4ccc([nH]4)c(-c4ccc([N+](C)(C)C)cc4)c4ccc2[nH]4)C=C3)cc1.[I-].[I-].[I-]. The Morgan fingerprint density at radius 3 is 0.875 bits per heavy atom. The fourth-order valence-corrected chi connectivity index (χ4v) is 7.29. The third kappa shape index (κ3) is 8.51. The predicted molar refractivity (Wildman–Crippen MR) is 230 cm³/mol. The molecule has 0 fully saturated rings. The number of benzene rings is 3. The minimum Gasteiger partial charge on any atom is -1.00 e. The van der Waals surface area contributed by atoms with Crippen molar-refractivity contribution in [3.05, 3.63) is 121 Å². The molecule has 10 heteroatoms. The summed E-state index contributed by atoms with van der Waals surface area (Å²) in [5, 5.41) is 0. The van der Waals surface area contributed by atoms with Crippen molar-refractivity contribution in [2.24, 2.45) is 0 Å². The zero-order valence-corrected chi connectivity index (χ0v) is 39.9. The second kappa shape index (κ2) is 16.4. The summed E-state index contributed by atoms with van der Waals surface area (Å²) in [5.41, 5.74) is 18.3. The number of nitrogens with zero attached hydrogens (tertiary/aromatic N) is 4. The highest BCUT2D eigenvalue weighted by Gasteiger charge is 2.20. The maximum atomic E-state index is 5.43. The molecule has 290 valence electrons. The normalized spacial score (nSPS) is 12.2. The number of hydrogen-bond donors (Lipinski definition) is 3. The van der Waals surface area contributed by atoms with E-state index < -0.39 is 0 Å². The molecule has 0 atom stereocenters. The van der Waals surface area contributed by atoms with Gasteiger partial charge < -0.3 is 86.9 Å². The standard InChI is InChI=1S/C46H50N7.3HI/c1-51(2,3)33-16-10-30(11-17-33)44-38-24-22-36(47-38)37-23-25-39(48-37)45(31-12-18-34(19-13-31)52(4,5)6)41-27-29-43(50-41)46(42-28-26-40(44)49-42)32-14-20-35(21-15-32)53(7,8)9;;;/h10-29,47-49H,1-9H3;3*1H/q+3;;;/p-3. The Morgan fingerprint density at radius 1 is 0.321 bits per heavy atom. The molecule has 8 rings (SSSR count). The molecule has 4 aromatic heterocycles. The monoisotopic (exact) mass is 1080 g/mol. The lowest BCUT2D eigenvalue weighted by Crippen LogP contribution is -3.00. The first kappa shape index (κ1) is 43.6. The summed E-state index contributed by atoms with van der Waals surface area (Å²) in [7, 11) is 19.8. The van der Waals surface area contributed by atoms with Crippen LogP contribution < -0.4 is 85.4 Å². The zero-order chi connectivity index (χ0) is 37.3. The average molecular weight is 1080 g/mol. The van der Waals surface area contributed by atoms with E-state index >= 15 is 0 Å². The van der Waals surface area contributed by atoms with Crippen LogP contribution in [0.25, 0.3) is 78.6 Å². The zero-order valence-electron chi connectivity index (χ0n) is 33.5. The third-order valence-corrected chi connectivity index (χ3v) is 10.4. The van der Waals surface area contributed by atoms with Gasteiger partial charge in [0.15, 0.2) is 0 Å². The number of hydrogen-bond acceptors (Lipinski definition) is 1. The Kier molecular flexibility index (Phi) is 12.7. The summed E-state index contributed by atoms with van der Waals surface area (Å²) >= 11 is 0. The van der Waals surface area contributed by atoms with E-state index in [1.54, 1.807) is 0 Å². The van der Waals surface area contributed by atoms with Crippen molar-refractivity contribution in [3.8, 4) is 33.4 Å². The lowest BCUT2D eigenvalue weighted by Gasteiger charge is -2.23. The first-order chi connectivity index (χ1) is 25.1. The first-order valence-electron chi connectivity index (χ1n) is 18.2. The highest BCUT2D eigenvalue weighted by atomic mass is 127. The Balaban J connectivity index is 0.00000200. The molecule has 8 bridgehead atoms. The van der Waals surface area contributed by atoms with Crippen LogP contribution >= 0.6 is 0 Å². The number of H-pyrrole nitrogens is 3. The van der Waals surface area contributed by atoms with E-state index in [2.05, 4.69) is 200 Å². The van der Waals surface area contributed by atoms with Crippen LogP contribution in [-0.4, -0.2) is 83.4 Å². The minimum atomic E-state index is 0. The van der Waals surface area contributed by atoms with Crippen LogP contribution in [0.1, 0.15) is 11.4 Å². The van der Waals surface area contributed by atoms with Crippen molar-refractivity contribution in [2.45, 2.75) is 0 Å². The topological polar surface area (TPSA) is 60.3 Å². The number of nitrogens with one attached hydrogen (secondary N) is 3. The van der Waals surface area contributed by atoms with Gasteiger partial charge in [0.1, 0.15) is 17.1 Å². The van der Waals surface area contributed by atoms with Crippen LogP contribution in [-0.2, 0) is 0 Å². The lowest BCUT2D eigenvalue weighted by atomic mass is 10.0. The average Bonchev–Trinajstić information content (AvgIpc) is 3.94. The van der Waals surface area contributed by atoms with Crippen molar-refractivity contribution in [1.29, 1.82) is 0 Å². The van der Waals surface area contributed by atoms with Gasteiger partial charge in [0, 0.05) is 38.8 Å². The fourth-order valence-electron chi connectivity index (χ4n) is 7.29. The molecule has 0 amide bonds. The van der Waals surface area contributed by atoms with Crippen LogP contribution in [0.5, 0.6) is 0 Å². The third-order valence-electron chi connectivity index (χ3n) is 10.4. The van der Waals surface area contributed by atoms with E-state index in [0.29, 0.717) is 0 Å². The molecule has 5 heterocycles. The summed E-state index contributed by atoms with van der Waals surface area (Å²) in [6.45, 7) is 0. The smallest absolute Gasteiger partial charge is 0.132 e. The van der Waals surface area contributed by atoms with Crippen LogP contribution in [0.4, 0.5) is 17.1 Å². The van der Waals surface area contributed by atoms with Crippen LogP contribution in [0.2, 0.25) is 0 Å². The second-order valence-corrected chi connectivity index (χ2v) is 16.9. The van der Waals surface area contributed by atoms with Gasteiger partial charge in [-0.25, -0.2) is 4.98 Å². The summed E-state index contributed by atoms with van der Waals surface area (Å²) in [4.78, 5) is 16.9. The molecule has 56 heavy (non-hydrogen) atoms. The molecule has 0 aliphatic carbocycles. The van der Waals surface area contributed by atoms with Crippen LogP contribution in [0, 0.1) is 0 Å². The molecule has 7 nitrogen and oxygen atoms in total. The van der Waals surface area contributed by atoms with E-state index in [1.807, 2.05) is 0 Å². The van der Waals surface area contributed by atoms with Gasteiger partial charge in [0.05, 0.1) is 85.9 Å². The molecule has 0 spiro atoms. The molecule has 1 aliphatic rings. The van der Waals surface area contributed by atoms with Crippen LogP contribution in [0.15, 0.2) is 109 Å². The number of halogens is 3.